The molecule has 8 heteroatoms. The molecule has 3 aromatic rings. The summed E-state index contributed by atoms with van der Waals surface area (Å²) in [7, 11) is 0. The number of benzene rings is 2. The highest BCUT2D eigenvalue weighted by Gasteiger charge is 2.10. The summed E-state index contributed by atoms with van der Waals surface area (Å²) in [5.74, 6) is -0.563. The molecule has 1 aromatic heterocycles. The van der Waals surface area contributed by atoms with Crippen molar-refractivity contribution in [3.8, 4) is 0 Å². The first-order valence-corrected chi connectivity index (χ1v) is 9.56. The van der Waals surface area contributed by atoms with Gasteiger partial charge in [-0.25, -0.2) is 14.2 Å². The Labute approximate surface area is 165 Å². The van der Waals surface area contributed by atoms with Crippen molar-refractivity contribution in [2.24, 2.45) is 0 Å². The van der Waals surface area contributed by atoms with E-state index in [9.17, 15) is 14.0 Å². The number of carbonyl (C=O) groups excluding carboxylic acids is 2. The van der Waals surface area contributed by atoms with E-state index in [4.69, 9.17) is 0 Å². The molecule has 0 aliphatic heterocycles. The lowest BCUT2D eigenvalue weighted by atomic mass is 10.1. The van der Waals surface area contributed by atoms with E-state index >= 15 is 0 Å². The molecule has 0 bridgehead atoms. The molecule has 144 valence electrons. The number of hydrogen-bond donors (Lipinski definition) is 3. The third kappa shape index (κ3) is 5.62. The second-order valence-electron chi connectivity index (χ2n) is 6.01. The molecule has 0 saturated heterocycles. The zero-order valence-corrected chi connectivity index (χ0v) is 16.0. The molecule has 0 aliphatic rings. The summed E-state index contributed by atoms with van der Waals surface area (Å²) in [4.78, 5) is 28.4. The number of hydrogen-bond acceptors (Lipinski definition) is 4. The van der Waals surface area contributed by atoms with Gasteiger partial charge in [-0.2, -0.15) is 0 Å². The molecular weight excluding hydrogens is 379 g/mol. The van der Waals surface area contributed by atoms with Gasteiger partial charge in [-0.1, -0.05) is 19.1 Å². The topological polar surface area (TPSA) is 83.1 Å². The van der Waals surface area contributed by atoms with Gasteiger partial charge in [-0.05, 0) is 48.4 Å². The average Bonchev–Trinajstić information content (AvgIpc) is 3.10. The Balaban J connectivity index is 1.50. The average molecular weight is 398 g/mol. The van der Waals surface area contributed by atoms with Crippen molar-refractivity contribution in [1.29, 1.82) is 0 Å². The van der Waals surface area contributed by atoms with Gasteiger partial charge in [-0.3, -0.25) is 10.1 Å². The Morgan fingerprint density at radius 2 is 1.61 bits per heavy atom. The maximum atomic E-state index is 12.9. The van der Waals surface area contributed by atoms with Crippen molar-refractivity contribution in [2.75, 3.05) is 16.0 Å². The van der Waals surface area contributed by atoms with Crippen molar-refractivity contribution in [3.63, 3.8) is 0 Å². The molecule has 3 amide bonds. The largest absolute Gasteiger partial charge is 0.326 e. The molecule has 6 nitrogen and oxygen atoms in total. The molecule has 0 aliphatic carbocycles. The van der Waals surface area contributed by atoms with Crippen LogP contribution in [0.3, 0.4) is 0 Å². The summed E-state index contributed by atoms with van der Waals surface area (Å²) in [6, 6.07) is 12.6. The molecule has 0 unspecified atom stereocenters. The maximum absolute atomic E-state index is 12.9. The minimum Gasteiger partial charge on any atom is -0.326 e. The molecular formula is C20H19FN4O2S. The number of nitrogens with one attached hydrogen (secondary N) is 3. The molecule has 3 N–H and O–H groups in total. The minimum absolute atomic E-state index is 0.104. The molecule has 0 fully saturated rings. The van der Waals surface area contributed by atoms with Crippen molar-refractivity contribution < 1.29 is 14.0 Å². The van der Waals surface area contributed by atoms with Crippen LogP contribution in [0.2, 0.25) is 0 Å². The van der Waals surface area contributed by atoms with Gasteiger partial charge in [0, 0.05) is 16.8 Å². The van der Waals surface area contributed by atoms with Crippen LogP contribution >= 0.6 is 11.3 Å². The fourth-order valence-corrected chi connectivity index (χ4v) is 3.14. The van der Waals surface area contributed by atoms with E-state index in [1.54, 1.807) is 5.38 Å². The van der Waals surface area contributed by atoms with Gasteiger partial charge in [-0.15, -0.1) is 11.3 Å². The number of aromatic nitrogens is 1. The van der Waals surface area contributed by atoms with Gasteiger partial charge in [0.1, 0.15) is 5.82 Å². The van der Waals surface area contributed by atoms with Gasteiger partial charge in [0.25, 0.3) is 0 Å². The molecule has 0 saturated carbocycles. The molecule has 28 heavy (non-hydrogen) atoms. The number of urea groups is 1. The predicted molar refractivity (Wildman–Crippen MR) is 109 cm³/mol. The van der Waals surface area contributed by atoms with Crippen LogP contribution < -0.4 is 16.0 Å². The van der Waals surface area contributed by atoms with E-state index in [1.807, 2.05) is 24.3 Å². The lowest BCUT2D eigenvalue weighted by Crippen LogP contribution is -2.19. The van der Waals surface area contributed by atoms with Crippen LogP contribution in [0, 0.1) is 5.82 Å². The Hall–Kier alpha value is -3.26. The number of carbonyl (C=O) groups is 2. The highest BCUT2D eigenvalue weighted by Crippen LogP contribution is 2.17. The normalized spacial score (nSPS) is 10.4. The zero-order chi connectivity index (χ0) is 19.9. The van der Waals surface area contributed by atoms with Crippen LogP contribution in [0.5, 0.6) is 0 Å². The smallest absolute Gasteiger partial charge is 0.325 e. The predicted octanol–water partition coefficient (Wildman–Crippen LogP) is 4.67. The van der Waals surface area contributed by atoms with E-state index in [0.717, 1.165) is 12.1 Å². The molecule has 3 rings (SSSR count). The number of aryl methyl sites for hydroxylation is 1. The fourth-order valence-electron chi connectivity index (χ4n) is 2.43. The lowest BCUT2D eigenvalue weighted by molar-refractivity contribution is -0.115. The van der Waals surface area contributed by atoms with Gasteiger partial charge in [0.15, 0.2) is 5.13 Å². The third-order valence-electron chi connectivity index (χ3n) is 3.86. The first-order valence-electron chi connectivity index (χ1n) is 8.68. The van der Waals surface area contributed by atoms with E-state index < -0.39 is 6.03 Å². The van der Waals surface area contributed by atoms with Gasteiger partial charge in [0.05, 0.1) is 12.1 Å². The number of rotatable bonds is 6. The van der Waals surface area contributed by atoms with E-state index in [1.165, 1.54) is 41.2 Å². The number of amides is 3. The van der Waals surface area contributed by atoms with Crippen LogP contribution in [-0.4, -0.2) is 16.9 Å². The van der Waals surface area contributed by atoms with E-state index in [-0.39, 0.29) is 18.1 Å². The van der Waals surface area contributed by atoms with Crippen LogP contribution in [0.15, 0.2) is 53.9 Å². The van der Waals surface area contributed by atoms with Crippen molar-refractivity contribution in [1.82, 2.24) is 4.98 Å². The Morgan fingerprint density at radius 1 is 0.964 bits per heavy atom. The minimum atomic E-state index is -0.493. The molecule has 0 radical (unpaired) electrons. The van der Waals surface area contributed by atoms with Gasteiger partial charge < -0.3 is 10.6 Å². The summed E-state index contributed by atoms with van der Waals surface area (Å²) < 4.78 is 12.9. The second kappa shape index (κ2) is 9.09. The van der Waals surface area contributed by atoms with Crippen LogP contribution in [-0.2, 0) is 17.6 Å². The summed E-state index contributed by atoms with van der Waals surface area (Å²) in [6.07, 6.45) is 1.05. The summed E-state index contributed by atoms with van der Waals surface area (Å²) in [5.41, 5.74) is 2.95. The SMILES string of the molecule is CCc1ccc(NC(=O)Cc2csc(NC(=O)Nc3ccc(F)cc3)n2)cc1. The van der Waals surface area contributed by atoms with E-state index in [2.05, 4.69) is 27.9 Å². The maximum Gasteiger partial charge on any atom is 0.325 e. The molecule has 0 atom stereocenters. The second-order valence-corrected chi connectivity index (χ2v) is 6.86. The summed E-state index contributed by atoms with van der Waals surface area (Å²) in [6.45, 7) is 2.07. The molecule has 2 aromatic carbocycles. The fraction of sp³-hybridized carbons (Fsp3) is 0.150. The van der Waals surface area contributed by atoms with Crippen molar-refractivity contribution in [3.05, 3.63) is 71.0 Å². The van der Waals surface area contributed by atoms with Crippen molar-refractivity contribution in [2.45, 2.75) is 19.8 Å². The van der Waals surface area contributed by atoms with Gasteiger partial charge in [0.2, 0.25) is 5.91 Å². The summed E-state index contributed by atoms with van der Waals surface area (Å²) >= 11 is 1.22. The Kier molecular flexibility index (Phi) is 6.33. The number of nitrogens with zero attached hydrogens (tertiary/aromatic N) is 1. The Morgan fingerprint density at radius 3 is 2.29 bits per heavy atom. The van der Waals surface area contributed by atoms with Crippen LogP contribution in [0.1, 0.15) is 18.2 Å². The van der Waals surface area contributed by atoms with Crippen molar-refractivity contribution >= 4 is 39.8 Å². The van der Waals surface area contributed by atoms with Crippen LogP contribution in [0.25, 0.3) is 0 Å². The monoisotopic (exact) mass is 398 g/mol. The first-order chi connectivity index (χ1) is 13.5. The lowest BCUT2D eigenvalue weighted by Gasteiger charge is -2.05. The number of halogens is 1. The van der Waals surface area contributed by atoms with E-state index in [0.29, 0.717) is 16.5 Å². The summed E-state index contributed by atoms with van der Waals surface area (Å²) in [5, 5.41) is 10.1. The molecule has 0 spiro atoms. The van der Waals surface area contributed by atoms with Crippen LogP contribution in [0.4, 0.5) is 25.7 Å². The number of anilines is 3. The Bertz CT molecular complexity index is 955. The highest BCUT2D eigenvalue weighted by atomic mass is 32.1. The highest BCUT2D eigenvalue weighted by molar-refractivity contribution is 7.14. The third-order valence-corrected chi connectivity index (χ3v) is 4.67. The standard InChI is InChI=1S/C20H19FN4O2S/c1-2-13-3-7-15(8-4-13)22-18(26)11-17-12-28-20(24-17)25-19(27)23-16-9-5-14(21)6-10-16/h3-10,12H,2,11H2,1H3,(H,22,26)(H2,23,24,25,27). The van der Waals surface area contributed by atoms with Gasteiger partial charge >= 0.3 is 6.03 Å². The quantitative estimate of drug-likeness (QED) is 0.564. The number of thiazole rings is 1. The first kappa shape index (κ1) is 19.5. The zero-order valence-electron chi connectivity index (χ0n) is 15.2. The molecule has 1 heterocycles.